The lowest BCUT2D eigenvalue weighted by Gasteiger charge is -2.18. The Kier molecular flexibility index (Phi) is 4.05. The standard InChI is InChI=1S/C12H15N3O2/c1-7(2)11(12(16)17)15-10-5-9(6-13)4-8(3)14-10/h4-5,7,11H,1-3H3,(H,14,15)(H,16,17)/t11-/m1/s1. The number of carboxylic acid groups (broad SMARTS) is 1. The van der Waals surface area contributed by atoms with Crippen LogP contribution in [-0.4, -0.2) is 22.1 Å². The van der Waals surface area contributed by atoms with E-state index in [1.165, 1.54) is 0 Å². The number of nitriles is 1. The number of aromatic nitrogens is 1. The summed E-state index contributed by atoms with van der Waals surface area (Å²) in [5, 5.41) is 20.7. The molecule has 1 atom stereocenters. The molecule has 5 heteroatoms. The minimum absolute atomic E-state index is 0.0691. The molecule has 0 amide bonds. The molecule has 0 unspecified atom stereocenters. The second kappa shape index (κ2) is 5.30. The number of hydrogen-bond acceptors (Lipinski definition) is 4. The molecule has 17 heavy (non-hydrogen) atoms. The first-order valence-electron chi connectivity index (χ1n) is 5.32. The predicted octanol–water partition coefficient (Wildman–Crippen LogP) is 1.78. The highest BCUT2D eigenvalue weighted by Gasteiger charge is 2.21. The van der Waals surface area contributed by atoms with Crippen molar-refractivity contribution in [3.05, 3.63) is 23.4 Å². The van der Waals surface area contributed by atoms with Crippen LogP contribution in [0.4, 0.5) is 5.82 Å². The maximum absolute atomic E-state index is 11.0. The highest BCUT2D eigenvalue weighted by atomic mass is 16.4. The van der Waals surface area contributed by atoms with Gasteiger partial charge in [-0.05, 0) is 25.0 Å². The molecule has 0 aromatic carbocycles. The largest absolute Gasteiger partial charge is 0.480 e. The van der Waals surface area contributed by atoms with Crippen molar-refractivity contribution < 1.29 is 9.90 Å². The van der Waals surface area contributed by atoms with Crippen molar-refractivity contribution in [3.8, 4) is 6.07 Å². The van der Waals surface area contributed by atoms with Gasteiger partial charge in [-0.2, -0.15) is 5.26 Å². The summed E-state index contributed by atoms with van der Waals surface area (Å²) in [6, 6.07) is 4.50. The molecule has 0 spiro atoms. The third-order valence-corrected chi connectivity index (χ3v) is 2.32. The summed E-state index contributed by atoms with van der Waals surface area (Å²) >= 11 is 0. The van der Waals surface area contributed by atoms with Crippen molar-refractivity contribution in [2.75, 3.05) is 5.32 Å². The maximum atomic E-state index is 11.0. The molecule has 0 fully saturated rings. The van der Waals surface area contributed by atoms with E-state index in [2.05, 4.69) is 10.3 Å². The molecule has 0 saturated heterocycles. The van der Waals surface area contributed by atoms with Gasteiger partial charge in [0.25, 0.3) is 0 Å². The lowest BCUT2D eigenvalue weighted by atomic mass is 10.0. The average molecular weight is 233 g/mol. The number of aliphatic carboxylic acids is 1. The van der Waals surface area contributed by atoms with E-state index in [1.807, 2.05) is 19.9 Å². The first-order valence-corrected chi connectivity index (χ1v) is 5.32. The lowest BCUT2D eigenvalue weighted by Crippen LogP contribution is -2.34. The van der Waals surface area contributed by atoms with Gasteiger partial charge in [-0.1, -0.05) is 13.8 Å². The Hall–Kier alpha value is -2.09. The SMILES string of the molecule is Cc1cc(C#N)cc(N[C@@H](C(=O)O)C(C)C)n1. The van der Waals surface area contributed by atoms with Crippen LogP contribution in [0, 0.1) is 24.2 Å². The number of carbonyl (C=O) groups is 1. The average Bonchev–Trinajstić information content (AvgIpc) is 2.24. The van der Waals surface area contributed by atoms with Gasteiger partial charge in [0.15, 0.2) is 0 Å². The van der Waals surface area contributed by atoms with E-state index in [9.17, 15) is 4.79 Å². The minimum atomic E-state index is -0.929. The van der Waals surface area contributed by atoms with Crippen LogP contribution in [0.5, 0.6) is 0 Å². The molecule has 0 saturated carbocycles. The molecular weight excluding hydrogens is 218 g/mol. The van der Waals surface area contributed by atoms with Gasteiger partial charge in [-0.15, -0.1) is 0 Å². The predicted molar refractivity (Wildman–Crippen MR) is 63.6 cm³/mol. The Balaban J connectivity index is 2.98. The Morgan fingerprint density at radius 1 is 1.53 bits per heavy atom. The van der Waals surface area contributed by atoms with E-state index in [0.29, 0.717) is 17.1 Å². The molecule has 0 bridgehead atoms. The zero-order chi connectivity index (χ0) is 13.0. The van der Waals surface area contributed by atoms with Gasteiger partial charge in [0.05, 0.1) is 11.6 Å². The second-order valence-electron chi connectivity index (χ2n) is 4.20. The Morgan fingerprint density at radius 3 is 2.65 bits per heavy atom. The van der Waals surface area contributed by atoms with Gasteiger partial charge in [0.1, 0.15) is 11.9 Å². The number of pyridine rings is 1. The van der Waals surface area contributed by atoms with Crippen molar-refractivity contribution in [2.24, 2.45) is 5.92 Å². The van der Waals surface area contributed by atoms with Crippen molar-refractivity contribution in [2.45, 2.75) is 26.8 Å². The zero-order valence-corrected chi connectivity index (χ0v) is 10.1. The molecule has 1 aromatic rings. The fourth-order valence-electron chi connectivity index (χ4n) is 1.48. The molecule has 2 N–H and O–H groups in total. The number of anilines is 1. The Bertz CT molecular complexity index is 463. The first kappa shape index (κ1) is 13.0. The van der Waals surface area contributed by atoms with E-state index >= 15 is 0 Å². The van der Waals surface area contributed by atoms with E-state index < -0.39 is 12.0 Å². The van der Waals surface area contributed by atoms with Gasteiger partial charge >= 0.3 is 5.97 Å². The van der Waals surface area contributed by atoms with Crippen molar-refractivity contribution in [1.82, 2.24) is 4.98 Å². The van der Waals surface area contributed by atoms with Gasteiger partial charge in [-0.3, -0.25) is 0 Å². The fourth-order valence-corrected chi connectivity index (χ4v) is 1.48. The Labute approximate surface area is 100 Å². The summed E-state index contributed by atoms with van der Waals surface area (Å²) in [4.78, 5) is 15.2. The van der Waals surface area contributed by atoms with Crippen LogP contribution in [0.25, 0.3) is 0 Å². The number of nitrogens with zero attached hydrogens (tertiary/aromatic N) is 2. The molecule has 0 aliphatic carbocycles. The topological polar surface area (TPSA) is 86.0 Å². The van der Waals surface area contributed by atoms with Crippen LogP contribution in [0.1, 0.15) is 25.1 Å². The summed E-state index contributed by atoms with van der Waals surface area (Å²) < 4.78 is 0. The quantitative estimate of drug-likeness (QED) is 0.827. The number of aryl methyl sites for hydroxylation is 1. The fraction of sp³-hybridized carbons (Fsp3) is 0.417. The maximum Gasteiger partial charge on any atom is 0.326 e. The number of nitrogens with one attached hydrogen (secondary N) is 1. The molecule has 0 radical (unpaired) electrons. The van der Waals surface area contributed by atoms with Crippen molar-refractivity contribution in [3.63, 3.8) is 0 Å². The molecule has 1 rings (SSSR count). The third-order valence-electron chi connectivity index (χ3n) is 2.32. The highest BCUT2D eigenvalue weighted by Crippen LogP contribution is 2.13. The number of carboxylic acids is 1. The van der Waals surface area contributed by atoms with Crippen LogP contribution in [0.3, 0.4) is 0 Å². The molecule has 1 heterocycles. The molecular formula is C12H15N3O2. The van der Waals surface area contributed by atoms with Crippen LogP contribution >= 0.6 is 0 Å². The summed E-state index contributed by atoms with van der Waals surface area (Å²) in [6.07, 6.45) is 0. The zero-order valence-electron chi connectivity index (χ0n) is 10.1. The van der Waals surface area contributed by atoms with Gasteiger partial charge in [0, 0.05) is 5.69 Å². The van der Waals surface area contributed by atoms with Crippen LogP contribution < -0.4 is 5.32 Å². The smallest absolute Gasteiger partial charge is 0.326 e. The second-order valence-corrected chi connectivity index (χ2v) is 4.20. The third kappa shape index (κ3) is 3.45. The highest BCUT2D eigenvalue weighted by molar-refractivity contribution is 5.77. The van der Waals surface area contributed by atoms with Crippen molar-refractivity contribution in [1.29, 1.82) is 5.26 Å². The van der Waals surface area contributed by atoms with Gasteiger partial charge < -0.3 is 10.4 Å². The number of hydrogen-bond donors (Lipinski definition) is 2. The van der Waals surface area contributed by atoms with E-state index in [1.54, 1.807) is 19.1 Å². The summed E-state index contributed by atoms with van der Waals surface area (Å²) in [6.45, 7) is 5.39. The van der Waals surface area contributed by atoms with Crippen LogP contribution in [0.2, 0.25) is 0 Å². The van der Waals surface area contributed by atoms with Crippen LogP contribution in [0.15, 0.2) is 12.1 Å². The van der Waals surface area contributed by atoms with E-state index in [4.69, 9.17) is 10.4 Å². The monoisotopic (exact) mass is 233 g/mol. The van der Waals surface area contributed by atoms with Gasteiger partial charge in [-0.25, -0.2) is 9.78 Å². The molecule has 90 valence electrons. The van der Waals surface area contributed by atoms with Crippen LogP contribution in [-0.2, 0) is 4.79 Å². The molecule has 0 aliphatic rings. The lowest BCUT2D eigenvalue weighted by molar-refractivity contribution is -0.138. The minimum Gasteiger partial charge on any atom is -0.480 e. The Morgan fingerprint density at radius 2 is 2.18 bits per heavy atom. The van der Waals surface area contributed by atoms with E-state index in [-0.39, 0.29) is 5.92 Å². The van der Waals surface area contributed by atoms with E-state index in [0.717, 1.165) is 0 Å². The molecule has 5 nitrogen and oxygen atoms in total. The van der Waals surface area contributed by atoms with Crippen molar-refractivity contribution >= 4 is 11.8 Å². The normalized spacial score (nSPS) is 11.9. The first-order chi connectivity index (χ1) is 7.93. The summed E-state index contributed by atoms with van der Waals surface area (Å²) in [7, 11) is 0. The summed E-state index contributed by atoms with van der Waals surface area (Å²) in [5.74, 6) is -0.579. The molecule has 1 aromatic heterocycles. The number of rotatable bonds is 4. The summed E-state index contributed by atoms with van der Waals surface area (Å²) in [5.41, 5.74) is 1.15. The molecule has 0 aliphatic heterocycles. The van der Waals surface area contributed by atoms with Gasteiger partial charge in [0.2, 0.25) is 0 Å².